The van der Waals surface area contributed by atoms with Crippen molar-refractivity contribution in [2.24, 2.45) is 0 Å². The lowest BCUT2D eigenvalue weighted by molar-refractivity contribution is 0.204. The van der Waals surface area contributed by atoms with Gasteiger partial charge in [0.2, 0.25) is 0 Å². The van der Waals surface area contributed by atoms with Gasteiger partial charge in [0.15, 0.2) is 0 Å². The maximum absolute atomic E-state index is 6.84. The maximum atomic E-state index is 6.84. The van der Waals surface area contributed by atoms with Crippen LogP contribution in [0.4, 0.5) is 0 Å². The summed E-state index contributed by atoms with van der Waals surface area (Å²) in [6, 6.07) is 53.6. The van der Waals surface area contributed by atoms with Crippen molar-refractivity contribution in [1.82, 2.24) is 16.0 Å². The summed E-state index contributed by atoms with van der Waals surface area (Å²) in [7, 11) is 0. The van der Waals surface area contributed by atoms with Gasteiger partial charge >= 0.3 is 0 Å². The van der Waals surface area contributed by atoms with E-state index >= 15 is 0 Å². The highest BCUT2D eigenvalue weighted by atomic mass is 32.1. The van der Waals surface area contributed by atoms with Crippen LogP contribution < -0.4 is 16.0 Å². The zero-order valence-corrected chi connectivity index (χ0v) is 28.2. The average molecular weight is 678 g/mol. The minimum absolute atomic E-state index is 0.0989. The maximum Gasteiger partial charge on any atom is 0.143 e. The van der Waals surface area contributed by atoms with E-state index in [2.05, 4.69) is 155 Å². The second-order valence-corrected chi connectivity index (χ2v) is 14.4. The minimum atomic E-state index is -0.199. The molecule has 1 aliphatic heterocycles. The fourth-order valence-electron chi connectivity index (χ4n) is 8.07. The first-order chi connectivity index (χ1) is 25.3. The molecule has 1 fully saturated rings. The standard InChI is InChI=1S/C45H31N3O2S/c1-2-11-26(12-3-1)43-46-44(34-18-10-22-39-40(34)33-14-5-7-21-38(33)51-39)48-45(47-43)35-19-9-17-32-30-24-23-27(25-37(30)50-42(32)35)28-15-8-16-31-29-13-4-6-20-36(29)49-41(28)31/h1-25,43-48H. The number of rotatable bonds is 4. The molecule has 0 spiro atoms. The number of furan rings is 2. The van der Waals surface area contributed by atoms with Gasteiger partial charge in [-0.2, -0.15) is 0 Å². The number of para-hydroxylation sites is 3. The van der Waals surface area contributed by atoms with E-state index in [-0.39, 0.29) is 18.5 Å². The molecule has 0 bridgehead atoms. The van der Waals surface area contributed by atoms with Crippen molar-refractivity contribution in [1.29, 1.82) is 0 Å². The molecular formula is C45H31N3O2S. The van der Waals surface area contributed by atoms with Crippen LogP contribution in [0.5, 0.6) is 0 Å². The number of benzene rings is 7. The van der Waals surface area contributed by atoms with E-state index in [0.29, 0.717) is 0 Å². The molecule has 3 unspecified atom stereocenters. The third-order valence-electron chi connectivity index (χ3n) is 10.4. The zero-order valence-electron chi connectivity index (χ0n) is 27.4. The second-order valence-electron chi connectivity index (χ2n) is 13.3. The Hall–Kier alpha value is -5.76. The fourth-order valence-corrected chi connectivity index (χ4v) is 9.21. The molecule has 0 saturated carbocycles. The molecular weight excluding hydrogens is 647 g/mol. The number of hydrogen-bond donors (Lipinski definition) is 3. The topological polar surface area (TPSA) is 62.4 Å². The van der Waals surface area contributed by atoms with Crippen LogP contribution in [0.25, 0.3) is 75.2 Å². The Labute approximate surface area is 297 Å². The summed E-state index contributed by atoms with van der Waals surface area (Å²) in [6.07, 6.45) is -0.425. The molecule has 10 aromatic rings. The smallest absolute Gasteiger partial charge is 0.143 e. The van der Waals surface area contributed by atoms with Crippen molar-refractivity contribution in [3.8, 4) is 11.1 Å². The van der Waals surface area contributed by atoms with E-state index in [9.17, 15) is 0 Å². The molecule has 244 valence electrons. The highest BCUT2D eigenvalue weighted by Gasteiger charge is 2.32. The first-order valence-electron chi connectivity index (χ1n) is 17.4. The van der Waals surface area contributed by atoms with Gasteiger partial charge in [-0.1, -0.05) is 121 Å². The first kappa shape index (κ1) is 29.0. The van der Waals surface area contributed by atoms with E-state index in [1.807, 2.05) is 23.5 Å². The lowest BCUT2D eigenvalue weighted by Crippen LogP contribution is -2.54. The van der Waals surface area contributed by atoms with Gasteiger partial charge in [-0.3, -0.25) is 16.0 Å². The Morgan fingerprint density at radius 3 is 1.96 bits per heavy atom. The number of fused-ring (bicyclic) bond motifs is 9. The quantitative estimate of drug-likeness (QED) is 0.173. The van der Waals surface area contributed by atoms with Crippen molar-refractivity contribution in [2.45, 2.75) is 18.5 Å². The van der Waals surface area contributed by atoms with Gasteiger partial charge in [0.1, 0.15) is 22.3 Å². The van der Waals surface area contributed by atoms with Gasteiger partial charge in [-0.15, -0.1) is 11.3 Å². The normalized spacial score (nSPS) is 18.2. The Bertz CT molecular complexity index is 2940. The van der Waals surface area contributed by atoms with Crippen LogP contribution in [-0.2, 0) is 0 Å². The Balaban J connectivity index is 1.04. The molecule has 11 rings (SSSR count). The summed E-state index contributed by atoms with van der Waals surface area (Å²) < 4.78 is 15.8. The van der Waals surface area contributed by atoms with Gasteiger partial charge in [0.25, 0.3) is 0 Å². The number of hydrogen-bond acceptors (Lipinski definition) is 6. The second kappa shape index (κ2) is 11.4. The highest BCUT2D eigenvalue weighted by molar-refractivity contribution is 7.25. The Morgan fingerprint density at radius 1 is 0.431 bits per heavy atom. The number of thiophene rings is 1. The molecule has 1 saturated heterocycles. The summed E-state index contributed by atoms with van der Waals surface area (Å²) in [4.78, 5) is 0. The number of nitrogens with one attached hydrogen (secondary N) is 3. The molecule has 3 aromatic heterocycles. The molecule has 3 atom stereocenters. The van der Waals surface area contributed by atoms with E-state index in [1.54, 1.807) is 0 Å². The molecule has 0 amide bonds. The molecule has 0 radical (unpaired) electrons. The van der Waals surface area contributed by atoms with Crippen molar-refractivity contribution in [2.75, 3.05) is 0 Å². The summed E-state index contributed by atoms with van der Waals surface area (Å²) in [5.41, 5.74) is 9.11. The predicted octanol–water partition coefficient (Wildman–Crippen LogP) is 11.7. The molecule has 6 heteroatoms. The van der Waals surface area contributed by atoms with Gasteiger partial charge < -0.3 is 8.83 Å². The highest BCUT2D eigenvalue weighted by Crippen LogP contribution is 2.42. The molecule has 0 aliphatic carbocycles. The van der Waals surface area contributed by atoms with Gasteiger partial charge in [-0.05, 0) is 47.0 Å². The van der Waals surface area contributed by atoms with Crippen molar-refractivity contribution >= 4 is 75.4 Å². The summed E-state index contributed by atoms with van der Waals surface area (Å²) in [5, 5.41) is 18.7. The summed E-state index contributed by atoms with van der Waals surface area (Å²) in [5.74, 6) is 0. The molecule has 5 nitrogen and oxygen atoms in total. The van der Waals surface area contributed by atoms with Crippen LogP contribution in [0.2, 0.25) is 0 Å². The van der Waals surface area contributed by atoms with Crippen LogP contribution in [-0.4, -0.2) is 0 Å². The van der Waals surface area contributed by atoms with Crippen LogP contribution in [0.15, 0.2) is 160 Å². The van der Waals surface area contributed by atoms with Crippen LogP contribution in [0, 0.1) is 0 Å². The van der Waals surface area contributed by atoms with Crippen molar-refractivity contribution < 1.29 is 8.83 Å². The fraction of sp³-hybridized carbons (Fsp3) is 0.0667. The van der Waals surface area contributed by atoms with Crippen molar-refractivity contribution in [3.63, 3.8) is 0 Å². The van der Waals surface area contributed by atoms with Crippen molar-refractivity contribution in [3.05, 3.63) is 168 Å². The summed E-state index contributed by atoms with van der Waals surface area (Å²) in [6.45, 7) is 0. The van der Waals surface area contributed by atoms with E-state index in [4.69, 9.17) is 8.83 Å². The average Bonchev–Trinajstić information content (AvgIpc) is 3.89. The Kier molecular flexibility index (Phi) is 6.48. The predicted molar refractivity (Wildman–Crippen MR) is 210 cm³/mol. The largest absolute Gasteiger partial charge is 0.456 e. The monoisotopic (exact) mass is 677 g/mol. The SMILES string of the molecule is c1ccc(C2NC(c3cccc4c3oc3cc(-c5cccc6c5oc5ccccc56)ccc34)NC(c3cccc4sc5ccccc5c34)N2)cc1. The Morgan fingerprint density at radius 2 is 1.06 bits per heavy atom. The van der Waals surface area contributed by atoms with E-state index in [1.165, 1.54) is 31.3 Å². The lowest BCUT2D eigenvalue weighted by atomic mass is 9.99. The van der Waals surface area contributed by atoms with Gasteiger partial charge in [0, 0.05) is 52.8 Å². The lowest BCUT2D eigenvalue weighted by Gasteiger charge is -2.39. The van der Waals surface area contributed by atoms with Crippen LogP contribution in [0.3, 0.4) is 0 Å². The molecule has 1 aliphatic rings. The molecule has 4 heterocycles. The third kappa shape index (κ3) is 4.58. The minimum Gasteiger partial charge on any atom is -0.456 e. The van der Waals surface area contributed by atoms with Crippen LogP contribution >= 0.6 is 11.3 Å². The first-order valence-corrected chi connectivity index (χ1v) is 18.2. The van der Waals surface area contributed by atoms with E-state index < -0.39 is 0 Å². The molecule has 51 heavy (non-hydrogen) atoms. The summed E-state index contributed by atoms with van der Waals surface area (Å²) >= 11 is 1.85. The van der Waals surface area contributed by atoms with E-state index in [0.717, 1.165) is 60.6 Å². The van der Waals surface area contributed by atoms with Gasteiger partial charge in [0.05, 0.1) is 18.5 Å². The molecule has 7 aromatic carbocycles. The van der Waals surface area contributed by atoms with Crippen LogP contribution in [0.1, 0.15) is 35.2 Å². The third-order valence-corrected chi connectivity index (χ3v) is 11.6. The van der Waals surface area contributed by atoms with Gasteiger partial charge in [-0.25, -0.2) is 0 Å². The molecule has 3 N–H and O–H groups in total. The zero-order chi connectivity index (χ0) is 33.5.